The van der Waals surface area contributed by atoms with Gasteiger partial charge in [-0.2, -0.15) is 0 Å². The van der Waals surface area contributed by atoms with Crippen LogP contribution in [0.5, 0.6) is 5.75 Å². The van der Waals surface area contributed by atoms with Crippen LogP contribution >= 0.6 is 11.6 Å². The third-order valence-electron chi connectivity index (χ3n) is 2.18. The van der Waals surface area contributed by atoms with Gasteiger partial charge in [-0.1, -0.05) is 23.7 Å². The van der Waals surface area contributed by atoms with Crippen LogP contribution in [0.4, 0.5) is 17.6 Å². The molecule has 0 aliphatic rings. The molecular weight excluding hydrogens is 286 g/mol. The first-order valence-corrected chi connectivity index (χ1v) is 5.40. The molecule has 2 nitrogen and oxygen atoms in total. The Balaban J connectivity index is 2.40. The van der Waals surface area contributed by atoms with Gasteiger partial charge in [0.2, 0.25) is 0 Å². The van der Waals surface area contributed by atoms with E-state index in [1.807, 2.05) is 0 Å². The van der Waals surface area contributed by atoms with Crippen molar-refractivity contribution >= 4 is 11.6 Å². The van der Waals surface area contributed by atoms with Crippen molar-refractivity contribution in [3.8, 4) is 16.9 Å². The zero-order valence-corrected chi connectivity index (χ0v) is 9.97. The van der Waals surface area contributed by atoms with Crippen molar-refractivity contribution in [3.05, 3.63) is 47.5 Å². The summed E-state index contributed by atoms with van der Waals surface area (Å²) in [4.78, 5) is 3.59. The lowest BCUT2D eigenvalue weighted by Crippen LogP contribution is -2.17. The number of ether oxygens (including phenoxy) is 1. The highest BCUT2D eigenvalue weighted by molar-refractivity contribution is 6.32. The SMILES string of the molecule is Fc1cnc(Cl)c(-c2cccc(OC(F)(F)F)c2)c1. The fourth-order valence-electron chi connectivity index (χ4n) is 1.49. The van der Waals surface area contributed by atoms with Gasteiger partial charge < -0.3 is 4.74 Å². The predicted octanol–water partition coefficient (Wildman–Crippen LogP) is 4.44. The summed E-state index contributed by atoms with van der Waals surface area (Å²) in [6.45, 7) is 0. The molecule has 0 amide bonds. The van der Waals surface area contributed by atoms with E-state index in [1.54, 1.807) is 0 Å². The third-order valence-corrected chi connectivity index (χ3v) is 2.49. The minimum atomic E-state index is -4.79. The van der Waals surface area contributed by atoms with Gasteiger partial charge in [0.05, 0.1) is 6.20 Å². The second-order valence-corrected chi connectivity index (χ2v) is 3.93. The summed E-state index contributed by atoms with van der Waals surface area (Å²) in [6.07, 6.45) is -3.87. The number of rotatable bonds is 2. The van der Waals surface area contributed by atoms with Gasteiger partial charge in [0.15, 0.2) is 0 Å². The second kappa shape index (κ2) is 5.05. The number of pyridine rings is 1. The van der Waals surface area contributed by atoms with Crippen LogP contribution in [0.2, 0.25) is 5.15 Å². The van der Waals surface area contributed by atoms with Gasteiger partial charge in [0.25, 0.3) is 0 Å². The molecule has 1 heterocycles. The van der Waals surface area contributed by atoms with E-state index in [4.69, 9.17) is 11.6 Å². The molecule has 0 unspecified atom stereocenters. The normalized spacial score (nSPS) is 11.4. The Morgan fingerprint density at radius 3 is 2.58 bits per heavy atom. The van der Waals surface area contributed by atoms with E-state index < -0.39 is 17.9 Å². The molecular formula is C12H6ClF4NO. The summed E-state index contributed by atoms with van der Waals surface area (Å²) in [5.74, 6) is -1.05. The molecule has 0 radical (unpaired) electrons. The van der Waals surface area contributed by atoms with Crippen LogP contribution in [0, 0.1) is 5.82 Å². The molecule has 0 saturated carbocycles. The Hall–Kier alpha value is -1.82. The summed E-state index contributed by atoms with van der Waals surface area (Å²) < 4.78 is 53.1. The molecule has 7 heteroatoms. The Bertz CT molecular complexity index is 601. The van der Waals surface area contributed by atoms with E-state index in [-0.39, 0.29) is 16.3 Å². The molecule has 0 saturated heterocycles. The summed E-state index contributed by atoms with van der Waals surface area (Å²) in [5, 5.41) is -0.00874. The van der Waals surface area contributed by atoms with E-state index >= 15 is 0 Å². The van der Waals surface area contributed by atoms with Gasteiger partial charge in [0.1, 0.15) is 16.7 Å². The molecule has 1 aromatic heterocycles. The fraction of sp³-hybridized carbons (Fsp3) is 0.0833. The minimum absolute atomic E-state index is 0.00874. The van der Waals surface area contributed by atoms with Crippen molar-refractivity contribution in [3.63, 3.8) is 0 Å². The topological polar surface area (TPSA) is 22.1 Å². The summed E-state index contributed by atoms with van der Waals surface area (Å²) in [5.41, 5.74) is 0.466. The number of nitrogens with zero attached hydrogens (tertiary/aromatic N) is 1. The van der Waals surface area contributed by atoms with E-state index in [2.05, 4.69) is 9.72 Å². The van der Waals surface area contributed by atoms with Crippen LogP contribution in [-0.2, 0) is 0 Å². The van der Waals surface area contributed by atoms with Crippen LogP contribution in [0.25, 0.3) is 11.1 Å². The average Bonchev–Trinajstić information content (AvgIpc) is 2.30. The van der Waals surface area contributed by atoms with Gasteiger partial charge in [0, 0.05) is 5.56 Å². The number of halogens is 5. The molecule has 0 atom stereocenters. The highest BCUT2D eigenvalue weighted by atomic mass is 35.5. The van der Waals surface area contributed by atoms with Crippen LogP contribution in [-0.4, -0.2) is 11.3 Å². The van der Waals surface area contributed by atoms with E-state index in [1.165, 1.54) is 12.1 Å². The lowest BCUT2D eigenvalue weighted by atomic mass is 10.1. The average molecular weight is 292 g/mol. The second-order valence-electron chi connectivity index (χ2n) is 3.57. The monoisotopic (exact) mass is 291 g/mol. The number of aromatic nitrogens is 1. The van der Waals surface area contributed by atoms with Gasteiger partial charge in [-0.15, -0.1) is 13.2 Å². The number of hydrogen-bond acceptors (Lipinski definition) is 2. The Kier molecular flexibility index (Phi) is 3.61. The Labute approximate surface area is 110 Å². The zero-order valence-electron chi connectivity index (χ0n) is 9.21. The highest BCUT2D eigenvalue weighted by Gasteiger charge is 2.31. The number of benzene rings is 1. The van der Waals surface area contributed by atoms with Crippen molar-refractivity contribution in [2.45, 2.75) is 6.36 Å². The van der Waals surface area contributed by atoms with Gasteiger partial charge >= 0.3 is 6.36 Å². The molecule has 2 rings (SSSR count). The van der Waals surface area contributed by atoms with Gasteiger partial charge in [-0.3, -0.25) is 0 Å². The third kappa shape index (κ3) is 3.57. The first-order chi connectivity index (χ1) is 8.85. The summed E-state index contributed by atoms with van der Waals surface area (Å²) in [6, 6.07) is 6.15. The van der Waals surface area contributed by atoms with Crippen LogP contribution < -0.4 is 4.74 Å². The number of alkyl halides is 3. The lowest BCUT2D eigenvalue weighted by molar-refractivity contribution is -0.274. The van der Waals surface area contributed by atoms with Crippen molar-refractivity contribution < 1.29 is 22.3 Å². The fourth-order valence-corrected chi connectivity index (χ4v) is 1.70. The Morgan fingerprint density at radius 2 is 1.89 bits per heavy atom. The molecule has 2 aromatic rings. The molecule has 0 fully saturated rings. The zero-order chi connectivity index (χ0) is 14.0. The quantitative estimate of drug-likeness (QED) is 0.603. The molecule has 0 bridgehead atoms. The molecule has 0 spiro atoms. The van der Waals surface area contributed by atoms with Gasteiger partial charge in [-0.05, 0) is 23.8 Å². The maximum Gasteiger partial charge on any atom is 0.573 e. The lowest BCUT2D eigenvalue weighted by Gasteiger charge is -2.10. The summed E-state index contributed by atoms with van der Waals surface area (Å²) >= 11 is 5.78. The van der Waals surface area contributed by atoms with Crippen LogP contribution in [0.15, 0.2) is 36.5 Å². The molecule has 0 N–H and O–H groups in total. The Morgan fingerprint density at radius 1 is 1.16 bits per heavy atom. The molecule has 0 aliphatic carbocycles. The number of hydrogen-bond donors (Lipinski definition) is 0. The maximum absolute atomic E-state index is 13.1. The van der Waals surface area contributed by atoms with Gasteiger partial charge in [-0.25, -0.2) is 9.37 Å². The first-order valence-electron chi connectivity index (χ1n) is 5.02. The molecule has 19 heavy (non-hydrogen) atoms. The first kappa shape index (κ1) is 13.6. The smallest absolute Gasteiger partial charge is 0.406 e. The van der Waals surface area contributed by atoms with Crippen molar-refractivity contribution in [1.29, 1.82) is 0 Å². The maximum atomic E-state index is 13.1. The molecule has 0 aliphatic heterocycles. The van der Waals surface area contributed by atoms with Crippen LogP contribution in [0.3, 0.4) is 0 Å². The standard InChI is InChI=1S/C12H6ClF4NO/c13-11-10(5-8(14)6-18-11)7-2-1-3-9(4-7)19-12(15,16)17/h1-6H. The predicted molar refractivity (Wildman–Crippen MR) is 61.3 cm³/mol. The van der Waals surface area contributed by atoms with E-state index in [0.717, 1.165) is 24.4 Å². The van der Waals surface area contributed by atoms with Crippen molar-refractivity contribution in [2.24, 2.45) is 0 Å². The molecule has 1 aromatic carbocycles. The van der Waals surface area contributed by atoms with E-state index in [0.29, 0.717) is 0 Å². The van der Waals surface area contributed by atoms with Crippen LogP contribution in [0.1, 0.15) is 0 Å². The van der Waals surface area contributed by atoms with Crippen molar-refractivity contribution in [2.75, 3.05) is 0 Å². The van der Waals surface area contributed by atoms with Crippen molar-refractivity contribution in [1.82, 2.24) is 4.98 Å². The molecule has 100 valence electrons. The largest absolute Gasteiger partial charge is 0.573 e. The highest BCUT2D eigenvalue weighted by Crippen LogP contribution is 2.31. The van der Waals surface area contributed by atoms with E-state index in [9.17, 15) is 17.6 Å². The summed E-state index contributed by atoms with van der Waals surface area (Å²) in [7, 11) is 0. The minimum Gasteiger partial charge on any atom is -0.406 e.